The van der Waals surface area contributed by atoms with E-state index in [2.05, 4.69) is 5.32 Å². The number of carbonyl (C=O) groups excluding carboxylic acids is 2. The van der Waals surface area contributed by atoms with Gasteiger partial charge >= 0.3 is 11.9 Å². The number of carbonyl (C=O) groups is 3. The van der Waals surface area contributed by atoms with Crippen molar-refractivity contribution in [1.82, 2.24) is 10.2 Å². The Labute approximate surface area is 177 Å². The Balaban J connectivity index is 1.68. The minimum absolute atomic E-state index is 0.00629. The van der Waals surface area contributed by atoms with Gasteiger partial charge in [-0.25, -0.2) is 4.79 Å². The molecule has 3 rings (SSSR count). The summed E-state index contributed by atoms with van der Waals surface area (Å²) in [6.07, 6.45) is 4.54. The van der Waals surface area contributed by atoms with Gasteiger partial charge in [0.05, 0.1) is 12.6 Å². The Morgan fingerprint density at radius 2 is 1.97 bits per heavy atom. The van der Waals surface area contributed by atoms with Crippen LogP contribution in [0.4, 0.5) is 0 Å². The molecule has 1 saturated carbocycles. The highest BCUT2D eigenvalue weighted by atomic mass is 16.5. The molecule has 1 saturated heterocycles. The van der Waals surface area contributed by atoms with E-state index in [1.807, 2.05) is 30.3 Å². The molecule has 2 N–H and O–H groups in total. The molecule has 0 aromatic heterocycles. The van der Waals surface area contributed by atoms with Gasteiger partial charge < -0.3 is 14.7 Å². The van der Waals surface area contributed by atoms with Crippen LogP contribution in [0.15, 0.2) is 30.3 Å². The maximum atomic E-state index is 13.2. The predicted molar refractivity (Wildman–Crippen MR) is 112 cm³/mol. The maximum Gasteiger partial charge on any atom is 0.326 e. The number of rotatable bonds is 9. The first-order valence-corrected chi connectivity index (χ1v) is 10.9. The lowest BCUT2D eigenvalue weighted by molar-refractivity contribution is -0.151. The van der Waals surface area contributed by atoms with Crippen LogP contribution in [0.2, 0.25) is 0 Å². The van der Waals surface area contributed by atoms with E-state index in [1.54, 1.807) is 18.7 Å². The van der Waals surface area contributed by atoms with Crippen molar-refractivity contribution in [1.29, 1.82) is 0 Å². The fourth-order valence-electron chi connectivity index (χ4n) is 4.89. The van der Waals surface area contributed by atoms with E-state index in [9.17, 15) is 19.5 Å². The van der Waals surface area contributed by atoms with Gasteiger partial charge in [0.1, 0.15) is 12.1 Å². The summed E-state index contributed by atoms with van der Waals surface area (Å²) in [7, 11) is 0. The van der Waals surface area contributed by atoms with Crippen LogP contribution in [0, 0.1) is 5.92 Å². The largest absolute Gasteiger partial charge is 0.480 e. The molecule has 0 bridgehead atoms. The zero-order valence-corrected chi connectivity index (χ0v) is 17.8. The first kappa shape index (κ1) is 22.3. The first-order valence-electron chi connectivity index (χ1n) is 10.9. The van der Waals surface area contributed by atoms with E-state index in [0.717, 1.165) is 24.8 Å². The molecule has 7 nitrogen and oxygen atoms in total. The monoisotopic (exact) mass is 416 g/mol. The third kappa shape index (κ3) is 5.01. The molecule has 0 radical (unpaired) electrons. The molecule has 1 aliphatic heterocycles. The Bertz CT molecular complexity index is 753. The third-order valence-electron chi connectivity index (χ3n) is 6.33. The zero-order chi connectivity index (χ0) is 21.7. The number of fused-ring (bicyclic) bond motifs is 1. The van der Waals surface area contributed by atoms with Crippen molar-refractivity contribution < 1.29 is 24.2 Å². The Kier molecular flexibility index (Phi) is 7.48. The van der Waals surface area contributed by atoms with Gasteiger partial charge in [-0.3, -0.25) is 14.9 Å². The minimum Gasteiger partial charge on any atom is -0.480 e. The second-order valence-corrected chi connectivity index (χ2v) is 8.31. The number of carboxylic acid groups (broad SMARTS) is 1. The van der Waals surface area contributed by atoms with Crippen LogP contribution in [0.3, 0.4) is 0 Å². The molecule has 164 valence electrons. The summed E-state index contributed by atoms with van der Waals surface area (Å²) in [6, 6.07) is 7.76. The lowest BCUT2D eigenvalue weighted by Gasteiger charge is -2.31. The number of nitrogens with one attached hydrogen (secondary N) is 1. The van der Waals surface area contributed by atoms with Gasteiger partial charge in [0, 0.05) is 6.04 Å². The van der Waals surface area contributed by atoms with Crippen molar-refractivity contribution in [3.05, 3.63) is 35.9 Å². The Morgan fingerprint density at radius 1 is 1.23 bits per heavy atom. The van der Waals surface area contributed by atoms with Gasteiger partial charge in [0.2, 0.25) is 5.91 Å². The molecular formula is C23H32N2O5. The van der Waals surface area contributed by atoms with E-state index in [-0.39, 0.29) is 30.4 Å². The SMILES string of the molecule is CCOC(=O)[C@@H](CCc1ccccc1)N[C@H](C)C(=O)N1[C@@H]2CCC[C@H]2C[C@H]1C(=O)O. The lowest BCUT2D eigenvalue weighted by Crippen LogP contribution is -2.55. The van der Waals surface area contributed by atoms with Gasteiger partial charge in [-0.15, -0.1) is 0 Å². The molecule has 30 heavy (non-hydrogen) atoms. The van der Waals surface area contributed by atoms with Crippen LogP contribution >= 0.6 is 0 Å². The van der Waals surface area contributed by atoms with Crippen molar-refractivity contribution in [3.63, 3.8) is 0 Å². The van der Waals surface area contributed by atoms with Crippen molar-refractivity contribution >= 4 is 17.8 Å². The van der Waals surface area contributed by atoms with Gasteiger partial charge in [-0.1, -0.05) is 36.8 Å². The molecule has 1 amide bonds. The summed E-state index contributed by atoms with van der Waals surface area (Å²) in [6.45, 7) is 3.72. The van der Waals surface area contributed by atoms with Crippen molar-refractivity contribution in [3.8, 4) is 0 Å². The van der Waals surface area contributed by atoms with Crippen molar-refractivity contribution in [2.75, 3.05) is 6.61 Å². The van der Waals surface area contributed by atoms with E-state index in [0.29, 0.717) is 19.3 Å². The molecule has 2 aliphatic rings. The van der Waals surface area contributed by atoms with Gasteiger partial charge in [-0.05, 0) is 57.4 Å². The summed E-state index contributed by atoms with van der Waals surface area (Å²) < 4.78 is 5.21. The number of benzene rings is 1. The third-order valence-corrected chi connectivity index (χ3v) is 6.33. The highest BCUT2D eigenvalue weighted by Gasteiger charge is 2.49. The maximum absolute atomic E-state index is 13.2. The van der Waals surface area contributed by atoms with Crippen molar-refractivity contribution in [2.24, 2.45) is 5.92 Å². The van der Waals surface area contributed by atoms with Gasteiger partial charge in [0.15, 0.2) is 0 Å². The van der Waals surface area contributed by atoms with Crippen LogP contribution in [-0.4, -0.2) is 58.6 Å². The average Bonchev–Trinajstić information content (AvgIpc) is 3.32. The molecular weight excluding hydrogens is 384 g/mol. The van der Waals surface area contributed by atoms with E-state index < -0.39 is 24.1 Å². The molecule has 5 atom stereocenters. The Morgan fingerprint density at radius 3 is 2.63 bits per heavy atom. The summed E-state index contributed by atoms with van der Waals surface area (Å²) in [5.41, 5.74) is 1.10. The fourth-order valence-corrected chi connectivity index (χ4v) is 4.89. The van der Waals surface area contributed by atoms with Crippen LogP contribution in [-0.2, 0) is 25.5 Å². The number of aliphatic carboxylic acids is 1. The first-order chi connectivity index (χ1) is 14.4. The smallest absolute Gasteiger partial charge is 0.326 e. The summed E-state index contributed by atoms with van der Waals surface area (Å²) in [5, 5.41) is 12.8. The molecule has 0 spiro atoms. The average molecular weight is 417 g/mol. The number of carboxylic acids is 1. The van der Waals surface area contributed by atoms with Crippen LogP contribution in [0.25, 0.3) is 0 Å². The second kappa shape index (κ2) is 10.1. The molecule has 2 fully saturated rings. The van der Waals surface area contributed by atoms with E-state index in [1.165, 1.54) is 0 Å². The number of esters is 1. The number of aryl methyl sites for hydroxylation is 1. The van der Waals surface area contributed by atoms with Crippen LogP contribution in [0.5, 0.6) is 0 Å². The predicted octanol–water partition coefficient (Wildman–Crippen LogP) is 2.38. The second-order valence-electron chi connectivity index (χ2n) is 8.31. The van der Waals surface area contributed by atoms with Crippen molar-refractivity contribution in [2.45, 2.75) is 76.5 Å². The molecule has 0 unspecified atom stereocenters. The quantitative estimate of drug-likeness (QED) is 0.600. The molecule has 1 aromatic carbocycles. The fraction of sp³-hybridized carbons (Fsp3) is 0.609. The molecule has 1 aliphatic carbocycles. The number of hydrogen-bond donors (Lipinski definition) is 2. The molecule has 7 heteroatoms. The number of hydrogen-bond acceptors (Lipinski definition) is 5. The number of likely N-dealkylation sites (tertiary alicyclic amines) is 1. The van der Waals surface area contributed by atoms with Gasteiger partial charge in [-0.2, -0.15) is 0 Å². The number of amides is 1. The molecule has 1 heterocycles. The standard InChI is InChI=1S/C23H32N2O5/c1-3-30-23(29)18(13-12-16-8-5-4-6-9-16)24-15(2)21(26)25-19-11-7-10-17(19)14-20(25)22(27)28/h4-6,8-9,15,17-20,24H,3,7,10-14H2,1-2H3,(H,27,28)/t15-,17+,18-,19-,20+/m1/s1. The number of ether oxygens (including phenoxy) is 1. The molecule has 1 aromatic rings. The zero-order valence-electron chi connectivity index (χ0n) is 17.8. The van der Waals surface area contributed by atoms with Crippen LogP contribution < -0.4 is 5.32 Å². The van der Waals surface area contributed by atoms with E-state index in [4.69, 9.17) is 4.74 Å². The highest BCUT2D eigenvalue weighted by Crippen LogP contribution is 2.41. The summed E-state index contributed by atoms with van der Waals surface area (Å²) >= 11 is 0. The summed E-state index contributed by atoms with van der Waals surface area (Å²) in [4.78, 5) is 39.1. The number of nitrogens with zero attached hydrogens (tertiary/aromatic N) is 1. The Hall–Kier alpha value is -2.41. The topological polar surface area (TPSA) is 95.9 Å². The van der Waals surface area contributed by atoms with Crippen LogP contribution in [0.1, 0.15) is 51.5 Å². The summed E-state index contributed by atoms with van der Waals surface area (Å²) in [5.74, 6) is -1.31. The lowest BCUT2D eigenvalue weighted by atomic mass is 10.0. The normalized spacial score (nSPS) is 24.9. The van der Waals surface area contributed by atoms with E-state index >= 15 is 0 Å². The van der Waals surface area contributed by atoms with Gasteiger partial charge in [0.25, 0.3) is 0 Å². The minimum atomic E-state index is -0.948. The highest BCUT2D eigenvalue weighted by molar-refractivity contribution is 5.88.